The molecule has 1 aliphatic rings. The minimum absolute atomic E-state index is 0.0340. The van der Waals surface area contributed by atoms with Crippen LogP contribution in [0.25, 0.3) is 0 Å². The number of carbonyl (C=O) groups excluding carboxylic acids is 1. The second-order valence-corrected chi connectivity index (χ2v) is 31.3. The number of carbonyl (C=O) groups is 1. The molecule has 0 aliphatic carbocycles. The van der Waals surface area contributed by atoms with Crippen LogP contribution in [0.15, 0.2) is 22.8 Å². The third-order valence-corrected chi connectivity index (χ3v) is 23.8. The highest BCUT2D eigenvalue weighted by Gasteiger charge is 2.67. The van der Waals surface area contributed by atoms with Crippen molar-refractivity contribution in [1.29, 1.82) is 0 Å². The minimum Gasteiger partial charge on any atom is -0.618 e. The monoisotopic (exact) mass is 705 g/mol. The molecule has 0 spiro atoms. The van der Waals surface area contributed by atoms with Gasteiger partial charge in [0.05, 0.1) is 6.61 Å². The van der Waals surface area contributed by atoms with Crippen molar-refractivity contribution in [3.63, 3.8) is 0 Å². The van der Waals surface area contributed by atoms with E-state index in [-0.39, 0.29) is 32.0 Å². The highest BCUT2D eigenvalue weighted by atomic mass is 79.9. The van der Waals surface area contributed by atoms with E-state index in [0.29, 0.717) is 4.73 Å². The van der Waals surface area contributed by atoms with E-state index in [9.17, 15) is 10.0 Å². The number of rotatable bonds is 9. The number of esters is 1. The standard InChI is InChI=1S/C30H56BrNO7Si3/c1-21(33)36-30(23-18-17-19-24(31)32(23)34)26(39-42(15,16)29(8,9)10)25(38-41(13,14)28(5,6)7)22(37-30)20-35-40(11,12)27(2,3)4/h17-19,22,25-26H,20H2,1-16H3/t22-,25-,26-,30-/m1/s1. The van der Waals surface area contributed by atoms with Crippen LogP contribution in [-0.4, -0.2) is 55.8 Å². The first-order chi connectivity index (χ1) is 18.6. The molecule has 0 saturated carbocycles. The summed E-state index contributed by atoms with van der Waals surface area (Å²) in [5.41, 5.74) is 0.120. The highest BCUT2D eigenvalue weighted by molar-refractivity contribution is 9.10. The molecule has 1 aliphatic heterocycles. The first-order valence-corrected chi connectivity index (χ1v) is 24.4. The van der Waals surface area contributed by atoms with Crippen LogP contribution in [0, 0.1) is 5.21 Å². The Morgan fingerprint density at radius 3 is 1.83 bits per heavy atom. The normalized spacial score (nSPS) is 24.6. The Labute approximate surface area is 266 Å². The second kappa shape index (κ2) is 12.3. The van der Waals surface area contributed by atoms with Crippen LogP contribution in [0.3, 0.4) is 0 Å². The molecular formula is C30H56BrNO7Si3. The molecule has 12 heteroatoms. The molecule has 4 atom stereocenters. The summed E-state index contributed by atoms with van der Waals surface area (Å²) in [6.45, 7) is 34.1. The SMILES string of the molecule is CC(=O)O[C@]1(c2cccc(Br)[n+]2[O-])O[C@H](CO[Si](C)(C)C(C)(C)C)[C@@H](O[Si](C)(C)C(C)(C)C)[C@H]1O[Si](C)(C)C(C)(C)C. The van der Waals surface area contributed by atoms with Crippen molar-refractivity contribution in [3.05, 3.63) is 33.7 Å². The lowest BCUT2D eigenvalue weighted by Crippen LogP contribution is -2.59. The van der Waals surface area contributed by atoms with Crippen molar-refractivity contribution in [2.45, 2.75) is 148 Å². The van der Waals surface area contributed by atoms with Crippen molar-refractivity contribution in [2.24, 2.45) is 0 Å². The van der Waals surface area contributed by atoms with E-state index in [2.05, 4.69) is 118 Å². The van der Waals surface area contributed by atoms with Crippen LogP contribution in [0.5, 0.6) is 0 Å². The molecule has 0 N–H and O–H groups in total. The van der Waals surface area contributed by atoms with Gasteiger partial charge in [-0.05, 0) is 60.5 Å². The van der Waals surface area contributed by atoms with Crippen molar-refractivity contribution in [2.75, 3.05) is 6.61 Å². The zero-order chi connectivity index (χ0) is 32.9. The van der Waals surface area contributed by atoms with Gasteiger partial charge in [0.2, 0.25) is 0 Å². The Morgan fingerprint density at radius 2 is 1.38 bits per heavy atom. The number of halogens is 1. The Kier molecular flexibility index (Phi) is 11.0. The number of hydrogen-bond acceptors (Lipinski definition) is 7. The topological polar surface area (TPSA) is 90.2 Å². The summed E-state index contributed by atoms with van der Waals surface area (Å²) in [5, 5.41) is 13.3. The van der Waals surface area contributed by atoms with Crippen molar-refractivity contribution < 1.29 is 32.3 Å². The fraction of sp³-hybridized carbons (Fsp3) is 0.800. The summed E-state index contributed by atoms with van der Waals surface area (Å²) < 4.78 is 35.0. The number of nitrogens with zero attached hydrogens (tertiary/aromatic N) is 1. The van der Waals surface area contributed by atoms with Gasteiger partial charge in [-0.1, -0.05) is 62.3 Å². The summed E-state index contributed by atoms with van der Waals surface area (Å²) in [6.07, 6.45) is -2.25. The van der Waals surface area contributed by atoms with Crippen LogP contribution in [-0.2, 0) is 33.3 Å². The third-order valence-electron chi connectivity index (χ3n) is 9.80. The van der Waals surface area contributed by atoms with Crippen LogP contribution in [0.4, 0.5) is 0 Å². The van der Waals surface area contributed by atoms with Crippen LogP contribution < -0.4 is 4.73 Å². The molecule has 0 amide bonds. The third kappa shape index (κ3) is 7.78. The molecule has 242 valence electrons. The largest absolute Gasteiger partial charge is 0.618 e. The molecule has 0 radical (unpaired) electrons. The highest BCUT2D eigenvalue weighted by Crippen LogP contribution is 2.50. The quantitative estimate of drug-likeness (QED) is 0.0846. The smallest absolute Gasteiger partial charge is 0.329 e. The fourth-order valence-electron chi connectivity index (χ4n) is 3.98. The molecular weight excluding hydrogens is 650 g/mol. The minimum atomic E-state index is -2.55. The maximum atomic E-state index is 13.7. The number of ether oxygens (including phenoxy) is 2. The number of aromatic nitrogens is 1. The fourth-order valence-corrected chi connectivity index (χ4v) is 7.93. The Balaban J connectivity index is 2.90. The molecule has 1 aromatic heterocycles. The van der Waals surface area contributed by atoms with Crippen LogP contribution in [0.2, 0.25) is 54.4 Å². The molecule has 0 bridgehead atoms. The van der Waals surface area contributed by atoms with E-state index in [1.165, 1.54) is 6.92 Å². The van der Waals surface area contributed by atoms with E-state index in [1.807, 2.05) is 0 Å². The maximum Gasteiger partial charge on any atom is 0.329 e. The van der Waals surface area contributed by atoms with Crippen molar-refractivity contribution >= 4 is 46.9 Å². The summed E-state index contributed by atoms with van der Waals surface area (Å²) in [6, 6.07) is 5.00. The van der Waals surface area contributed by atoms with Gasteiger partial charge < -0.3 is 28.0 Å². The average molecular weight is 707 g/mol. The number of pyridine rings is 1. The van der Waals surface area contributed by atoms with Crippen molar-refractivity contribution in [3.8, 4) is 0 Å². The summed E-state index contributed by atoms with van der Waals surface area (Å²) in [7, 11) is -7.20. The van der Waals surface area contributed by atoms with Gasteiger partial charge in [0.1, 0.15) is 18.3 Å². The van der Waals surface area contributed by atoms with Gasteiger partial charge in [0.25, 0.3) is 10.3 Å². The summed E-state index contributed by atoms with van der Waals surface area (Å²) >= 11 is 3.36. The van der Waals surface area contributed by atoms with E-state index < -0.39 is 55.0 Å². The molecule has 2 heterocycles. The lowest BCUT2D eigenvalue weighted by atomic mass is 10.0. The van der Waals surface area contributed by atoms with Gasteiger partial charge in [0, 0.05) is 35.0 Å². The first-order valence-electron chi connectivity index (χ1n) is 14.9. The van der Waals surface area contributed by atoms with Gasteiger partial charge in [-0.15, -0.1) is 0 Å². The van der Waals surface area contributed by atoms with E-state index >= 15 is 0 Å². The molecule has 1 aromatic rings. The van der Waals surface area contributed by atoms with Gasteiger partial charge in [-0.3, -0.25) is 4.79 Å². The van der Waals surface area contributed by atoms with E-state index in [4.69, 9.17) is 22.8 Å². The Hall–Kier alpha value is -0.609. The van der Waals surface area contributed by atoms with Crippen LogP contribution >= 0.6 is 15.9 Å². The predicted octanol–water partition coefficient (Wildman–Crippen LogP) is 8.00. The molecule has 0 unspecified atom stereocenters. The molecule has 2 rings (SSSR count). The zero-order valence-electron chi connectivity index (χ0n) is 28.9. The van der Waals surface area contributed by atoms with Gasteiger partial charge >= 0.3 is 11.8 Å². The van der Waals surface area contributed by atoms with Gasteiger partial charge in [0.15, 0.2) is 25.0 Å². The van der Waals surface area contributed by atoms with E-state index in [0.717, 1.165) is 0 Å². The average Bonchev–Trinajstić information content (AvgIpc) is 3.03. The molecule has 8 nitrogen and oxygen atoms in total. The van der Waals surface area contributed by atoms with E-state index in [1.54, 1.807) is 18.2 Å². The summed E-state index contributed by atoms with van der Waals surface area (Å²) in [5.74, 6) is -2.45. The predicted molar refractivity (Wildman–Crippen MR) is 179 cm³/mol. The molecule has 0 aromatic carbocycles. The lowest BCUT2D eigenvalue weighted by molar-refractivity contribution is -0.641. The Morgan fingerprint density at radius 1 is 0.905 bits per heavy atom. The number of hydrogen-bond donors (Lipinski definition) is 0. The van der Waals surface area contributed by atoms with Crippen molar-refractivity contribution in [1.82, 2.24) is 0 Å². The van der Waals surface area contributed by atoms with Gasteiger partial charge in [-0.25, -0.2) is 0 Å². The molecule has 1 saturated heterocycles. The summed E-state index contributed by atoms with van der Waals surface area (Å²) in [4.78, 5) is 12.9. The molecule has 1 fully saturated rings. The van der Waals surface area contributed by atoms with Gasteiger partial charge in [-0.2, -0.15) is 4.73 Å². The lowest BCUT2D eigenvalue weighted by Gasteiger charge is -2.45. The first kappa shape index (κ1) is 37.6. The zero-order valence-corrected chi connectivity index (χ0v) is 33.4. The van der Waals surface area contributed by atoms with Crippen LogP contribution in [0.1, 0.15) is 74.9 Å². The molecule has 42 heavy (non-hydrogen) atoms. The second-order valence-electron chi connectivity index (χ2n) is 16.2. The maximum absolute atomic E-state index is 13.7. The Bertz CT molecular complexity index is 1130.